The Kier molecular flexibility index (Phi) is 3.89. The Morgan fingerprint density at radius 2 is 1.65 bits per heavy atom. The summed E-state index contributed by atoms with van der Waals surface area (Å²) in [6.45, 7) is 0. The summed E-state index contributed by atoms with van der Waals surface area (Å²) in [7, 11) is 0. The molecule has 1 nitrogen and oxygen atoms in total. The molecule has 0 heterocycles. The predicted octanol–water partition coefficient (Wildman–Crippen LogP) is 5.06. The van der Waals surface area contributed by atoms with E-state index >= 15 is 0 Å². The first-order valence-corrected chi connectivity index (χ1v) is 7.82. The standard InChI is InChI=1S/C16H19ClF2O/c17-13-10-14(16(13)8-3-1-2-4-9-16)20-15-11(18)6-5-7-12(15)19/h5-7,13-14H,1-4,8-10H2. The molecule has 2 unspecified atom stereocenters. The number of halogens is 3. The van der Waals surface area contributed by atoms with Crippen LogP contribution in [-0.4, -0.2) is 11.5 Å². The van der Waals surface area contributed by atoms with Gasteiger partial charge in [-0.1, -0.05) is 31.7 Å². The molecule has 0 aliphatic heterocycles. The molecule has 2 aliphatic rings. The van der Waals surface area contributed by atoms with Crippen LogP contribution in [-0.2, 0) is 0 Å². The third-order valence-corrected chi connectivity index (χ3v) is 5.51. The van der Waals surface area contributed by atoms with E-state index in [1.165, 1.54) is 31.0 Å². The molecule has 20 heavy (non-hydrogen) atoms. The second-order valence-electron chi connectivity index (χ2n) is 6.01. The van der Waals surface area contributed by atoms with E-state index < -0.39 is 11.6 Å². The molecule has 0 N–H and O–H groups in total. The van der Waals surface area contributed by atoms with Crippen molar-refractivity contribution >= 4 is 11.6 Å². The zero-order chi connectivity index (χ0) is 14.2. The quantitative estimate of drug-likeness (QED) is 0.693. The minimum Gasteiger partial charge on any atom is -0.484 e. The van der Waals surface area contributed by atoms with E-state index in [4.69, 9.17) is 16.3 Å². The average molecular weight is 301 g/mol. The van der Waals surface area contributed by atoms with Gasteiger partial charge in [0.25, 0.3) is 0 Å². The third kappa shape index (κ3) is 2.30. The Hall–Kier alpha value is -0.830. The Bertz CT molecular complexity index is 463. The largest absolute Gasteiger partial charge is 0.484 e. The van der Waals surface area contributed by atoms with Crippen molar-refractivity contribution in [2.24, 2.45) is 5.41 Å². The van der Waals surface area contributed by atoms with E-state index in [1.54, 1.807) is 0 Å². The van der Waals surface area contributed by atoms with Crippen LogP contribution in [0.1, 0.15) is 44.9 Å². The summed E-state index contributed by atoms with van der Waals surface area (Å²) in [5.74, 6) is -1.51. The van der Waals surface area contributed by atoms with Crippen LogP contribution in [0.3, 0.4) is 0 Å². The minimum atomic E-state index is -0.633. The van der Waals surface area contributed by atoms with E-state index in [9.17, 15) is 8.78 Å². The maximum Gasteiger partial charge on any atom is 0.191 e. The summed E-state index contributed by atoms with van der Waals surface area (Å²) in [5.41, 5.74) is -0.0905. The van der Waals surface area contributed by atoms with Crippen molar-refractivity contribution in [2.75, 3.05) is 0 Å². The highest BCUT2D eigenvalue weighted by atomic mass is 35.5. The molecule has 2 saturated carbocycles. The summed E-state index contributed by atoms with van der Waals surface area (Å²) in [4.78, 5) is 0. The number of benzene rings is 1. The van der Waals surface area contributed by atoms with E-state index in [0.29, 0.717) is 6.42 Å². The first-order valence-electron chi connectivity index (χ1n) is 7.38. The minimum absolute atomic E-state index is 0.0698. The van der Waals surface area contributed by atoms with Gasteiger partial charge in [-0.25, -0.2) is 8.78 Å². The van der Waals surface area contributed by atoms with Gasteiger partial charge in [0.15, 0.2) is 17.4 Å². The summed E-state index contributed by atoms with van der Waals surface area (Å²) in [6.07, 6.45) is 7.21. The van der Waals surface area contributed by atoms with Gasteiger partial charge in [0, 0.05) is 17.2 Å². The number of hydrogen-bond donors (Lipinski definition) is 0. The summed E-state index contributed by atoms with van der Waals surface area (Å²) in [6, 6.07) is 3.81. The zero-order valence-corrected chi connectivity index (χ0v) is 12.1. The van der Waals surface area contributed by atoms with Crippen LogP contribution >= 0.6 is 11.6 Å². The number of para-hydroxylation sites is 1. The number of rotatable bonds is 2. The zero-order valence-electron chi connectivity index (χ0n) is 11.4. The molecular formula is C16H19ClF2O. The maximum absolute atomic E-state index is 13.7. The second-order valence-corrected chi connectivity index (χ2v) is 6.53. The average Bonchev–Trinajstić information content (AvgIpc) is 2.69. The molecule has 0 saturated heterocycles. The molecule has 2 fully saturated rings. The highest BCUT2D eigenvalue weighted by molar-refractivity contribution is 6.21. The molecule has 1 aromatic rings. The highest BCUT2D eigenvalue weighted by Gasteiger charge is 2.55. The lowest BCUT2D eigenvalue weighted by Gasteiger charge is -2.53. The molecule has 1 spiro atoms. The lowest BCUT2D eigenvalue weighted by atomic mass is 9.61. The predicted molar refractivity (Wildman–Crippen MR) is 75.2 cm³/mol. The van der Waals surface area contributed by atoms with Crippen LogP contribution in [0.2, 0.25) is 0 Å². The van der Waals surface area contributed by atoms with E-state index in [0.717, 1.165) is 25.7 Å². The molecule has 1 aromatic carbocycles. The van der Waals surface area contributed by atoms with Gasteiger partial charge in [-0.15, -0.1) is 11.6 Å². The Balaban J connectivity index is 1.80. The van der Waals surface area contributed by atoms with Crippen molar-refractivity contribution in [1.29, 1.82) is 0 Å². The fourth-order valence-corrected chi connectivity index (χ4v) is 4.14. The van der Waals surface area contributed by atoms with Crippen LogP contribution in [0, 0.1) is 17.0 Å². The number of hydrogen-bond acceptors (Lipinski definition) is 1. The van der Waals surface area contributed by atoms with Crippen LogP contribution < -0.4 is 4.74 Å². The van der Waals surface area contributed by atoms with Crippen molar-refractivity contribution in [3.05, 3.63) is 29.8 Å². The number of ether oxygens (including phenoxy) is 1. The molecule has 0 bridgehead atoms. The van der Waals surface area contributed by atoms with Crippen LogP contribution in [0.4, 0.5) is 8.78 Å². The lowest BCUT2D eigenvalue weighted by Crippen LogP contribution is -2.57. The fraction of sp³-hybridized carbons (Fsp3) is 0.625. The Morgan fingerprint density at radius 1 is 1.05 bits per heavy atom. The molecule has 3 rings (SSSR count). The van der Waals surface area contributed by atoms with Crippen molar-refractivity contribution in [2.45, 2.75) is 56.4 Å². The first-order chi connectivity index (χ1) is 9.63. The summed E-state index contributed by atoms with van der Waals surface area (Å²) < 4.78 is 33.1. The molecule has 0 aromatic heterocycles. The molecule has 110 valence electrons. The van der Waals surface area contributed by atoms with Gasteiger partial charge in [0.05, 0.1) is 0 Å². The van der Waals surface area contributed by atoms with Crippen molar-refractivity contribution in [3.63, 3.8) is 0 Å². The Labute approximate surface area is 123 Å². The first kappa shape index (κ1) is 14.1. The van der Waals surface area contributed by atoms with Crippen molar-refractivity contribution in [1.82, 2.24) is 0 Å². The van der Waals surface area contributed by atoms with Crippen molar-refractivity contribution < 1.29 is 13.5 Å². The number of alkyl halides is 1. The normalized spacial score (nSPS) is 28.8. The second kappa shape index (κ2) is 5.51. The van der Waals surface area contributed by atoms with Gasteiger partial charge in [-0.2, -0.15) is 0 Å². The summed E-state index contributed by atoms with van der Waals surface area (Å²) in [5, 5.41) is 0.0698. The van der Waals surface area contributed by atoms with Crippen LogP contribution in [0.15, 0.2) is 18.2 Å². The SMILES string of the molecule is Fc1cccc(F)c1OC1CC(Cl)C12CCCCCC2. The van der Waals surface area contributed by atoms with Gasteiger partial charge in [0.1, 0.15) is 6.10 Å². The fourth-order valence-electron chi connectivity index (χ4n) is 3.62. The summed E-state index contributed by atoms with van der Waals surface area (Å²) >= 11 is 6.43. The molecule has 0 amide bonds. The van der Waals surface area contributed by atoms with Crippen LogP contribution in [0.5, 0.6) is 5.75 Å². The van der Waals surface area contributed by atoms with Crippen molar-refractivity contribution in [3.8, 4) is 5.75 Å². The third-order valence-electron chi connectivity index (χ3n) is 4.90. The molecule has 0 radical (unpaired) electrons. The van der Waals surface area contributed by atoms with E-state index in [-0.39, 0.29) is 22.6 Å². The lowest BCUT2D eigenvalue weighted by molar-refractivity contribution is -0.0548. The van der Waals surface area contributed by atoms with E-state index in [1.807, 2.05) is 0 Å². The smallest absolute Gasteiger partial charge is 0.191 e. The van der Waals surface area contributed by atoms with Crippen LogP contribution in [0.25, 0.3) is 0 Å². The van der Waals surface area contributed by atoms with E-state index in [2.05, 4.69) is 0 Å². The van der Waals surface area contributed by atoms with Gasteiger partial charge in [-0.3, -0.25) is 0 Å². The van der Waals surface area contributed by atoms with Gasteiger partial charge in [0.2, 0.25) is 0 Å². The molecule has 4 heteroatoms. The van der Waals surface area contributed by atoms with Gasteiger partial charge in [-0.05, 0) is 25.0 Å². The Morgan fingerprint density at radius 3 is 2.20 bits per heavy atom. The molecular weight excluding hydrogens is 282 g/mol. The molecule has 2 atom stereocenters. The maximum atomic E-state index is 13.7. The van der Waals surface area contributed by atoms with Gasteiger partial charge >= 0.3 is 0 Å². The highest BCUT2D eigenvalue weighted by Crippen LogP contribution is 2.55. The molecule has 2 aliphatic carbocycles. The topological polar surface area (TPSA) is 9.23 Å². The van der Waals surface area contributed by atoms with Gasteiger partial charge < -0.3 is 4.74 Å². The monoisotopic (exact) mass is 300 g/mol.